The summed E-state index contributed by atoms with van der Waals surface area (Å²) in [5, 5.41) is 10.5. The van der Waals surface area contributed by atoms with E-state index >= 15 is 0 Å². The van der Waals surface area contributed by atoms with Crippen molar-refractivity contribution in [3.8, 4) is 5.75 Å². The van der Waals surface area contributed by atoms with E-state index in [9.17, 15) is 9.59 Å². The first-order valence-electron chi connectivity index (χ1n) is 6.62. The summed E-state index contributed by atoms with van der Waals surface area (Å²) in [6.45, 7) is 0. The quantitative estimate of drug-likeness (QED) is 0.575. The topological polar surface area (TPSA) is 95.2 Å². The van der Waals surface area contributed by atoms with Gasteiger partial charge >= 0.3 is 5.97 Å². The van der Waals surface area contributed by atoms with Gasteiger partial charge in [0.15, 0.2) is 0 Å². The number of aryl methyl sites for hydroxylation is 1. The molecule has 2 heterocycles. The fraction of sp³-hybridized carbons (Fsp3) is 0.200. The highest BCUT2D eigenvalue weighted by molar-refractivity contribution is 14.1. The molecule has 0 fully saturated rings. The van der Waals surface area contributed by atoms with E-state index in [-0.39, 0.29) is 12.0 Å². The van der Waals surface area contributed by atoms with E-state index in [2.05, 4.69) is 32.6 Å². The Hall–Kier alpha value is -2.03. The number of benzene rings is 1. The summed E-state index contributed by atoms with van der Waals surface area (Å²) in [5.74, 6) is -0.175. The minimum atomic E-state index is -0.861. The van der Waals surface area contributed by atoms with E-state index in [4.69, 9.17) is 9.84 Å². The van der Waals surface area contributed by atoms with Gasteiger partial charge in [-0.1, -0.05) is 0 Å². The van der Waals surface area contributed by atoms with E-state index in [0.717, 1.165) is 19.9 Å². The highest BCUT2D eigenvalue weighted by atomic mass is 127. The molecule has 3 aromatic rings. The second kappa shape index (κ2) is 5.64. The molecule has 0 saturated heterocycles. The van der Waals surface area contributed by atoms with Crippen LogP contribution < -0.4 is 10.3 Å². The highest BCUT2D eigenvalue weighted by Gasteiger charge is 2.14. The lowest BCUT2D eigenvalue weighted by Crippen LogP contribution is -2.07. The Morgan fingerprint density at radius 3 is 2.86 bits per heavy atom. The van der Waals surface area contributed by atoms with Gasteiger partial charge in [0.25, 0.3) is 5.56 Å². The van der Waals surface area contributed by atoms with Gasteiger partial charge < -0.3 is 19.8 Å². The lowest BCUT2D eigenvalue weighted by molar-refractivity contribution is -0.136. The first kappa shape index (κ1) is 14.9. The molecular weight excluding hydrogens is 399 g/mol. The normalized spacial score (nSPS) is 11.2. The number of rotatable bonds is 4. The summed E-state index contributed by atoms with van der Waals surface area (Å²) >= 11 is 2.17. The number of carboxylic acids is 1. The van der Waals surface area contributed by atoms with Crippen LogP contribution in [0.5, 0.6) is 5.75 Å². The number of aromatic nitrogens is 2. The van der Waals surface area contributed by atoms with Crippen molar-refractivity contribution in [1.29, 1.82) is 0 Å². The SMILES string of the molecule is COc1cc2[nH]c(=O)c3[nH]cc(CCC(=O)O)c3c2cc1I. The maximum absolute atomic E-state index is 12.2. The van der Waals surface area contributed by atoms with Crippen LogP contribution >= 0.6 is 22.6 Å². The van der Waals surface area contributed by atoms with Crippen LogP contribution in [0.15, 0.2) is 23.1 Å². The molecule has 22 heavy (non-hydrogen) atoms. The number of halogens is 1. The second-order valence-electron chi connectivity index (χ2n) is 4.94. The van der Waals surface area contributed by atoms with E-state index in [1.165, 1.54) is 0 Å². The molecule has 2 aromatic heterocycles. The monoisotopic (exact) mass is 412 g/mol. The maximum Gasteiger partial charge on any atom is 0.303 e. The van der Waals surface area contributed by atoms with Crippen molar-refractivity contribution in [3.63, 3.8) is 0 Å². The third kappa shape index (κ3) is 2.45. The molecule has 0 amide bonds. The Balaban J connectivity index is 2.32. The lowest BCUT2D eigenvalue weighted by Gasteiger charge is -2.07. The van der Waals surface area contributed by atoms with Gasteiger partial charge in [0.2, 0.25) is 0 Å². The summed E-state index contributed by atoms with van der Waals surface area (Å²) in [6.07, 6.45) is 2.10. The zero-order valence-electron chi connectivity index (χ0n) is 11.7. The number of aliphatic carboxylic acids is 1. The molecule has 7 heteroatoms. The molecule has 0 unspecified atom stereocenters. The average molecular weight is 412 g/mol. The molecule has 3 rings (SSSR count). The van der Waals surface area contributed by atoms with E-state index in [0.29, 0.717) is 23.2 Å². The smallest absolute Gasteiger partial charge is 0.303 e. The summed E-state index contributed by atoms with van der Waals surface area (Å²) < 4.78 is 6.20. The molecule has 3 N–H and O–H groups in total. The lowest BCUT2D eigenvalue weighted by atomic mass is 10.0. The number of carboxylic acid groups (broad SMARTS) is 1. The van der Waals surface area contributed by atoms with Gasteiger partial charge in [-0.15, -0.1) is 0 Å². The van der Waals surface area contributed by atoms with Gasteiger partial charge in [-0.2, -0.15) is 0 Å². The molecule has 0 radical (unpaired) electrons. The molecule has 6 nitrogen and oxygen atoms in total. The number of nitrogens with one attached hydrogen (secondary N) is 2. The Morgan fingerprint density at radius 2 is 2.18 bits per heavy atom. The Labute approximate surface area is 138 Å². The van der Waals surface area contributed by atoms with Gasteiger partial charge in [-0.05, 0) is 40.6 Å². The van der Waals surface area contributed by atoms with E-state index in [1.54, 1.807) is 19.4 Å². The fourth-order valence-corrected chi connectivity index (χ4v) is 3.28. The van der Waals surface area contributed by atoms with Gasteiger partial charge in [-0.25, -0.2) is 0 Å². The summed E-state index contributed by atoms with van der Waals surface area (Å²) in [4.78, 5) is 28.8. The minimum absolute atomic E-state index is 0.0223. The van der Waals surface area contributed by atoms with Crippen LogP contribution in [0.4, 0.5) is 0 Å². The van der Waals surface area contributed by atoms with Crippen molar-refractivity contribution < 1.29 is 14.6 Å². The van der Waals surface area contributed by atoms with Crippen molar-refractivity contribution in [1.82, 2.24) is 9.97 Å². The van der Waals surface area contributed by atoms with Gasteiger partial charge in [-0.3, -0.25) is 9.59 Å². The van der Waals surface area contributed by atoms with Crippen LogP contribution in [0.3, 0.4) is 0 Å². The van der Waals surface area contributed by atoms with Crippen molar-refractivity contribution in [3.05, 3.63) is 37.8 Å². The van der Waals surface area contributed by atoms with Crippen molar-refractivity contribution in [2.75, 3.05) is 7.11 Å². The number of hydrogen-bond acceptors (Lipinski definition) is 3. The Kier molecular flexibility index (Phi) is 3.81. The zero-order valence-corrected chi connectivity index (χ0v) is 13.9. The number of H-pyrrole nitrogens is 2. The van der Waals surface area contributed by atoms with Gasteiger partial charge in [0.05, 0.1) is 16.2 Å². The Morgan fingerprint density at radius 1 is 1.41 bits per heavy atom. The summed E-state index contributed by atoms with van der Waals surface area (Å²) in [5.41, 5.74) is 1.74. The minimum Gasteiger partial charge on any atom is -0.496 e. The molecule has 0 spiro atoms. The number of hydrogen-bond donors (Lipinski definition) is 3. The second-order valence-corrected chi connectivity index (χ2v) is 6.11. The number of ether oxygens (including phenoxy) is 1. The zero-order chi connectivity index (χ0) is 15.9. The molecule has 0 aliphatic rings. The van der Waals surface area contributed by atoms with Crippen molar-refractivity contribution in [2.45, 2.75) is 12.8 Å². The van der Waals surface area contributed by atoms with Crippen LogP contribution in [-0.2, 0) is 11.2 Å². The molecule has 0 bridgehead atoms. The molecule has 114 valence electrons. The van der Waals surface area contributed by atoms with Crippen molar-refractivity contribution >= 4 is 50.4 Å². The molecule has 0 atom stereocenters. The summed E-state index contributed by atoms with van der Waals surface area (Å²) in [6, 6.07) is 3.72. The number of pyridine rings is 1. The molecule has 0 aliphatic carbocycles. The van der Waals surface area contributed by atoms with E-state index in [1.807, 2.05) is 6.07 Å². The number of carbonyl (C=O) groups is 1. The molecular formula is C15H13IN2O4. The predicted octanol–water partition coefficient (Wildman–Crippen LogP) is 2.64. The molecule has 1 aromatic carbocycles. The van der Waals surface area contributed by atoms with Crippen LogP contribution in [0.1, 0.15) is 12.0 Å². The number of methoxy groups -OCH3 is 1. The van der Waals surface area contributed by atoms with Gasteiger partial charge in [0, 0.05) is 29.5 Å². The first-order valence-corrected chi connectivity index (χ1v) is 7.70. The largest absolute Gasteiger partial charge is 0.496 e. The van der Waals surface area contributed by atoms with Crippen LogP contribution in [0.2, 0.25) is 0 Å². The number of fused-ring (bicyclic) bond motifs is 3. The standard InChI is InChI=1S/C15H13IN2O4/c1-22-11-5-10-8(4-9(11)16)13-7(2-3-12(19)20)6-17-14(13)15(21)18-10/h4-6,17H,2-3H2,1H3,(H,18,21)(H,19,20). The van der Waals surface area contributed by atoms with Crippen LogP contribution in [0, 0.1) is 3.57 Å². The number of aromatic amines is 2. The average Bonchev–Trinajstić information content (AvgIpc) is 2.90. The Bertz CT molecular complexity index is 942. The van der Waals surface area contributed by atoms with Crippen LogP contribution in [-0.4, -0.2) is 28.2 Å². The molecule has 0 aliphatic heterocycles. The molecule has 0 saturated carbocycles. The van der Waals surface area contributed by atoms with Crippen LogP contribution in [0.25, 0.3) is 21.8 Å². The third-order valence-electron chi connectivity index (χ3n) is 3.61. The van der Waals surface area contributed by atoms with Crippen molar-refractivity contribution in [2.24, 2.45) is 0 Å². The third-order valence-corrected chi connectivity index (χ3v) is 4.45. The maximum atomic E-state index is 12.2. The predicted molar refractivity (Wildman–Crippen MR) is 91.7 cm³/mol. The highest BCUT2D eigenvalue weighted by Crippen LogP contribution is 2.31. The first-order chi connectivity index (χ1) is 10.5. The summed E-state index contributed by atoms with van der Waals surface area (Å²) in [7, 11) is 1.58. The fourth-order valence-electron chi connectivity index (χ4n) is 2.59. The van der Waals surface area contributed by atoms with E-state index < -0.39 is 5.97 Å². The van der Waals surface area contributed by atoms with Gasteiger partial charge in [0.1, 0.15) is 11.3 Å².